The van der Waals surface area contributed by atoms with E-state index in [1.807, 2.05) is 6.07 Å². The zero-order valence-corrected chi connectivity index (χ0v) is 20.0. The highest BCUT2D eigenvalue weighted by molar-refractivity contribution is 7.92. The standard InChI is InChI=1S/C25H27F2N3O3S/c1-16-14-30(15-17(2)28-16)19-9-12-24(33-3)23(13-19)29-34(31,32)20-10-7-18(8-11-20)21-5-4-6-22(26)25(21)27/h4-13,16-17,28-29H,14-15H2,1-3H3. The highest BCUT2D eigenvalue weighted by Crippen LogP contribution is 2.33. The number of anilines is 2. The van der Waals surface area contributed by atoms with Crippen LogP contribution in [0, 0.1) is 11.6 Å². The fourth-order valence-electron chi connectivity index (χ4n) is 4.25. The maximum atomic E-state index is 14.1. The molecular formula is C25H27F2N3O3S. The molecule has 1 aliphatic heterocycles. The summed E-state index contributed by atoms with van der Waals surface area (Å²) in [5.41, 5.74) is 1.64. The number of ether oxygens (including phenoxy) is 1. The quantitative estimate of drug-likeness (QED) is 0.531. The minimum Gasteiger partial charge on any atom is -0.495 e. The van der Waals surface area contributed by atoms with Crippen LogP contribution in [0.2, 0.25) is 0 Å². The highest BCUT2D eigenvalue weighted by atomic mass is 32.2. The summed E-state index contributed by atoms with van der Waals surface area (Å²) in [4.78, 5) is 2.19. The zero-order chi connectivity index (χ0) is 24.5. The molecule has 34 heavy (non-hydrogen) atoms. The number of sulfonamides is 1. The van der Waals surface area contributed by atoms with E-state index in [2.05, 4.69) is 28.8 Å². The van der Waals surface area contributed by atoms with Crippen molar-refractivity contribution in [2.75, 3.05) is 29.8 Å². The van der Waals surface area contributed by atoms with Crippen molar-refractivity contribution in [3.63, 3.8) is 0 Å². The summed E-state index contributed by atoms with van der Waals surface area (Å²) in [6.07, 6.45) is 0. The lowest BCUT2D eigenvalue weighted by Crippen LogP contribution is -2.54. The Morgan fingerprint density at radius 1 is 1.00 bits per heavy atom. The lowest BCUT2D eigenvalue weighted by Gasteiger charge is -2.38. The smallest absolute Gasteiger partial charge is 0.262 e. The Morgan fingerprint density at radius 2 is 1.68 bits per heavy atom. The van der Waals surface area contributed by atoms with Gasteiger partial charge in [-0.15, -0.1) is 0 Å². The summed E-state index contributed by atoms with van der Waals surface area (Å²) in [5, 5.41) is 3.48. The van der Waals surface area contributed by atoms with E-state index in [0.29, 0.717) is 29.1 Å². The van der Waals surface area contributed by atoms with Gasteiger partial charge in [-0.2, -0.15) is 0 Å². The summed E-state index contributed by atoms with van der Waals surface area (Å²) >= 11 is 0. The molecular weight excluding hydrogens is 460 g/mol. The number of piperazine rings is 1. The fourth-order valence-corrected chi connectivity index (χ4v) is 5.32. The number of rotatable bonds is 6. The van der Waals surface area contributed by atoms with Crippen molar-refractivity contribution in [1.29, 1.82) is 0 Å². The molecule has 0 radical (unpaired) electrons. The fraction of sp³-hybridized carbons (Fsp3) is 0.280. The number of nitrogens with zero attached hydrogens (tertiary/aromatic N) is 1. The lowest BCUT2D eigenvalue weighted by atomic mass is 10.1. The first-order valence-electron chi connectivity index (χ1n) is 10.9. The molecule has 0 spiro atoms. The summed E-state index contributed by atoms with van der Waals surface area (Å²) < 4.78 is 61.9. The van der Waals surface area contributed by atoms with Gasteiger partial charge >= 0.3 is 0 Å². The van der Waals surface area contributed by atoms with Crippen LogP contribution in [0.3, 0.4) is 0 Å². The Morgan fingerprint density at radius 3 is 2.32 bits per heavy atom. The number of halogens is 2. The van der Waals surface area contributed by atoms with Crippen LogP contribution < -0.4 is 19.7 Å². The first-order valence-corrected chi connectivity index (χ1v) is 12.4. The molecule has 0 aliphatic carbocycles. The molecule has 3 aromatic rings. The van der Waals surface area contributed by atoms with Crippen LogP contribution in [0.4, 0.5) is 20.2 Å². The van der Waals surface area contributed by atoms with Gasteiger partial charge < -0.3 is 15.0 Å². The average Bonchev–Trinajstić information content (AvgIpc) is 2.80. The predicted molar refractivity (Wildman–Crippen MR) is 130 cm³/mol. The second kappa shape index (κ2) is 9.60. The van der Waals surface area contributed by atoms with Gasteiger partial charge in [0, 0.05) is 36.4 Å². The van der Waals surface area contributed by atoms with E-state index in [9.17, 15) is 17.2 Å². The van der Waals surface area contributed by atoms with Crippen LogP contribution in [0.5, 0.6) is 5.75 Å². The number of hydrogen-bond donors (Lipinski definition) is 2. The molecule has 1 heterocycles. The minimum atomic E-state index is -3.96. The number of hydrogen-bond acceptors (Lipinski definition) is 5. The molecule has 1 fully saturated rings. The van der Waals surface area contributed by atoms with Gasteiger partial charge in [0.2, 0.25) is 0 Å². The van der Waals surface area contributed by atoms with Gasteiger partial charge in [0.15, 0.2) is 11.6 Å². The van der Waals surface area contributed by atoms with Crippen LogP contribution in [0.25, 0.3) is 11.1 Å². The Bertz CT molecular complexity index is 1270. The first-order chi connectivity index (χ1) is 16.2. The van der Waals surface area contributed by atoms with Crippen LogP contribution >= 0.6 is 0 Å². The monoisotopic (exact) mass is 487 g/mol. The molecule has 3 aromatic carbocycles. The van der Waals surface area contributed by atoms with E-state index in [-0.39, 0.29) is 10.5 Å². The average molecular weight is 488 g/mol. The molecule has 2 atom stereocenters. The third-order valence-electron chi connectivity index (χ3n) is 5.78. The van der Waals surface area contributed by atoms with Crippen molar-refractivity contribution in [1.82, 2.24) is 5.32 Å². The Hall–Kier alpha value is -3.17. The van der Waals surface area contributed by atoms with Crippen LogP contribution in [-0.2, 0) is 10.0 Å². The number of nitrogens with one attached hydrogen (secondary N) is 2. The van der Waals surface area contributed by atoms with Crippen LogP contribution in [0.15, 0.2) is 65.6 Å². The van der Waals surface area contributed by atoms with Gasteiger partial charge in [-0.3, -0.25) is 4.72 Å². The SMILES string of the molecule is COc1ccc(N2CC(C)NC(C)C2)cc1NS(=O)(=O)c1ccc(-c2cccc(F)c2F)cc1. The Balaban J connectivity index is 1.60. The molecule has 6 nitrogen and oxygen atoms in total. The van der Waals surface area contributed by atoms with Crippen molar-refractivity contribution in [3.05, 3.63) is 72.3 Å². The lowest BCUT2D eigenvalue weighted by molar-refractivity contribution is 0.406. The molecule has 4 rings (SSSR count). The third kappa shape index (κ3) is 5.00. The van der Waals surface area contributed by atoms with E-state index in [1.54, 1.807) is 12.1 Å². The minimum absolute atomic E-state index is 0.00932. The van der Waals surface area contributed by atoms with Gasteiger partial charge in [-0.1, -0.05) is 24.3 Å². The molecule has 2 unspecified atom stereocenters. The largest absolute Gasteiger partial charge is 0.495 e. The van der Waals surface area contributed by atoms with Gasteiger partial charge in [0.1, 0.15) is 5.75 Å². The molecule has 180 valence electrons. The third-order valence-corrected chi connectivity index (χ3v) is 7.16. The van der Waals surface area contributed by atoms with Crippen molar-refractivity contribution in [2.45, 2.75) is 30.8 Å². The van der Waals surface area contributed by atoms with E-state index in [4.69, 9.17) is 4.74 Å². The van der Waals surface area contributed by atoms with E-state index < -0.39 is 21.7 Å². The van der Waals surface area contributed by atoms with Crippen molar-refractivity contribution >= 4 is 21.4 Å². The van der Waals surface area contributed by atoms with Crippen molar-refractivity contribution in [2.24, 2.45) is 0 Å². The van der Waals surface area contributed by atoms with Gasteiger partial charge in [-0.25, -0.2) is 17.2 Å². The molecule has 0 amide bonds. The zero-order valence-electron chi connectivity index (χ0n) is 19.2. The second-order valence-corrected chi connectivity index (χ2v) is 10.2. The van der Waals surface area contributed by atoms with Crippen molar-refractivity contribution < 1.29 is 21.9 Å². The molecule has 2 N–H and O–H groups in total. The molecule has 1 saturated heterocycles. The van der Waals surface area contributed by atoms with Gasteiger partial charge in [0.25, 0.3) is 10.0 Å². The Labute approximate surface area is 198 Å². The Kier molecular flexibility index (Phi) is 6.77. The van der Waals surface area contributed by atoms with E-state index in [1.165, 1.54) is 43.5 Å². The van der Waals surface area contributed by atoms with Crippen LogP contribution in [-0.4, -0.2) is 40.7 Å². The summed E-state index contributed by atoms with van der Waals surface area (Å²) in [5.74, 6) is -1.55. The molecule has 9 heteroatoms. The van der Waals surface area contributed by atoms with Gasteiger partial charge in [0.05, 0.1) is 17.7 Å². The maximum absolute atomic E-state index is 14.1. The van der Waals surface area contributed by atoms with Crippen LogP contribution in [0.1, 0.15) is 13.8 Å². The van der Waals surface area contributed by atoms with Crippen molar-refractivity contribution in [3.8, 4) is 16.9 Å². The first kappa shape index (κ1) is 24.0. The molecule has 0 saturated carbocycles. The molecule has 1 aliphatic rings. The second-order valence-electron chi connectivity index (χ2n) is 8.49. The van der Waals surface area contributed by atoms with E-state index in [0.717, 1.165) is 24.8 Å². The highest BCUT2D eigenvalue weighted by Gasteiger charge is 2.23. The topological polar surface area (TPSA) is 70.7 Å². The summed E-state index contributed by atoms with van der Waals surface area (Å²) in [6.45, 7) is 5.80. The normalized spacial score (nSPS) is 18.6. The number of methoxy groups -OCH3 is 1. The number of benzene rings is 3. The molecule has 0 bridgehead atoms. The molecule has 0 aromatic heterocycles. The predicted octanol–water partition coefficient (Wildman–Crippen LogP) is 4.63. The summed E-state index contributed by atoms with van der Waals surface area (Å²) in [7, 11) is -2.48. The van der Waals surface area contributed by atoms with E-state index >= 15 is 0 Å². The summed E-state index contributed by atoms with van der Waals surface area (Å²) in [6, 6.07) is 15.5. The van der Waals surface area contributed by atoms with Gasteiger partial charge in [-0.05, 0) is 55.8 Å². The maximum Gasteiger partial charge on any atom is 0.262 e.